The fourth-order valence-corrected chi connectivity index (χ4v) is 3.02. The number of carbonyl (C=O) groups is 2. The third kappa shape index (κ3) is 6.15. The van der Waals surface area contributed by atoms with Gasteiger partial charge in [0.15, 0.2) is 5.82 Å². The van der Waals surface area contributed by atoms with Gasteiger partial charge in [0.05, 0.1) is 0 Å². The lowest BCUT2D eigenvalue weighted by molar-refractivity contribution is -0.132. The Kier molecular flexibility index (Phi) is 6.79. The summed E-state index contributed by atoms with van der Waals surface area (Å²) in [6.07, 6.45) is 1.40. The zero-order valence-electron chi connectivity index (χ0n) is 13.6. The molecule has 1 saturated heterocycles. The highest BCUT2D eigenvalue weighted by molar-refractivity contribution is 7.99. The van der Waals surface area contributed by atoms with Crippen LogP contribution >= 0.6 is 11.8 Å². The van der Waals surface area contributed by atoms with Gasteiger partial charge in [-0.15, -0.1) is 22.0 Å². The Morgan fingerprint density at radius 1 is 1.22 bits per heavy atom. The van der Waals surface area contributed by atoms with Crippen LogP contribution < -0.4 is 5.32 Å². The quantitative estimate of drug-likeness (QED) is 0.618. The standard InChI is InChI=1S/C15H23N5O2S/c1-12(21)16-13-5-6-14(18-17-13)23-11-3-4-15(22)20-9-7-19(2)8-10-20/h5-6H,3-4,7-11H2,1-2H3,(H,16,17,21). The van der Waals surface area contributed by atoms with Crippen LogP contribution in [0.4, 0.5) is 5.82 Å². The summed E-state index contributed by atoms with van der Waals surface area (Å²) >= 11 is 1.57. The van der Waals surface area contributed by atoms with E-state index in [0.29, 0.717) is 12.2 Å². The summed E-state index contributed by atoms with van der Waals surface area (Å²) in [7, 11) is 2.08. The summed E-state index contributed by atoms with van der Waals surface area (Å²) in [6.45, 7) is 5.01. The Balaban J connectivity index is 1.65. The molecule has 0 spiro atoms. The summed E-state index contributed by atoms with van der Waals surface area (Å²) in [5, 5.41) is 11.4. The number of piperazine rings is 1. The fraction of sp³-hybridized carbons (Fsp3) is 0.600. The van der Waals surface area contributed by atoms with E-state index in [4.69, 9.17) is 0 Å². The zero-order chi connectivity index (χ0) is 16.7. The molecule has 0 unspecified atom stereocenters. The van der Waals surface area contributed by atoms with Crippen molar-refractivity contribution in [3.8, 4) is 0 Å². The zero-order valence-corrected chi connectivity index (χ0v) is 14.4. The first-order chi connectivity index (χ1) is 11.0. The van der Waals surface area contributed by atoms with Gasteiger partial charge in [0.2, 0.25) is 11.8 Å². The van der Waals surface area contributed by atoms with Crippen LogP contribution in [-0.4, -0.2) is 70.8 Å². The van der Waals surface area contributed by atoms with Crippen LogP contribution in [0.15, 0.2) is 17.2 Å². The number of aromatic nitrogens is 2. The van der Waals surface area contributed by atoms with Crippen LogP contribution in [0.5, 0.6) is 0 Å². The SMILES string of the molecule is CC(=O)Nc1ccc(SCCCC(=O)N2CCN(C)CC2)nn1. The predicted octanol–water partition coefficient (Wildman–Crippen LogP) is 1.08. The molecule has 23 heavy (non-hydrogen) atoms. The predicted molar refractivity (Wildman–Crippen MR) is 90.4 cm³/mol. The second-order valence-electron chi connectivity index (χ2n) is 5.57. The smallest absolute Gasteiger partial charge is 0.222 e. The second-order valence-corrected chi connectivity index (χ2v) is 6.69. The molecule has 1 N–H and O–H groups in total. The molecule has 0 radical (unpaired) electrons. The molecule has 1 aliphatic heterocycles. The van der Waals surface area contributed by atoms with E-state index in [-0.39, 0.29) is 11.8 Å². The minimum absolute atomic E-state index is 0.165. The van der Waals surface area contributed by atoms with Gasteiger partial charge in [0.25, 0.3) is 0 Å². The topological polar surface area (TPSA) is 78.4 Å². The van der Waals surface area contributed by atoms with E-state index in [1.165, 1.54) is 6.92 Å². The molecule has 1 aromatic rings. The van der Waals surface area contributed by atoms with Gasteiger partial charge in [0, 0.05) is 45.3 Å². The molecule has 2 heterocycles. The lowest BCUT2D eigenvalue weighted by atomic mass is 10.2. The Hall–Kier alpha value is -1.67. The average molecular weight is 337 g/mol. The molecule has 2 amide bonds. The summed E-state index contributed by atoms with van der Waals surface area (Å²) in [5.41, 5.74) is 0. The number of hydrogen-bond donors (Lipinski definition) is 1. The molecule has 126 valence electrons. The van der Waals surface area contributed by atoms with Crippen molar-refractivity contribution in [3.63, 3.8) is 0 Å². The van der Waals surface area contributed by atoms with E-state index in [0.717, 1.165) is 43.4 Å². The highest BCUT2D eigenvalue weighted by atomic mass is 32.2. The summed E-state index contributed by atoms with van der Waals surface area (Å²) in [4.78, 5) is 27.2. The minimum atomic E-state index is -0.165. The Labute approximate surface area is 140 Å². The number of thioether (sulfide) groups is 1. The van der Waals surface area contributed by atoms with E-state index in [9.17, 15) is 9.59 Å². The molecule has 7 nitrogen and oxygen atoms in total. The van der Waals surface area contributed by atoms with E-state index in [1.54, 1.807) is 17.8 Å². The molecule has 0 bridgehead atoms. The number of nitrogens with zero attached hydrogens (tertiary/aromatic N) is 4. The van der Waals surface area contributed by atoms with Gasteiger partial charge in [-0.1, -0.05) is 0 Å². The average Bonchev–Trinajstić information content (AvgIpc) is 2.53. The lowest BCUT2D eigenvalue weighted by Crippen LogP contribution is -2.47. The van der Waals surface area contributed by atoms with Gasteiger partial charge in [-0.05, 0) is 25.6 Å². The first-order valence-corrected chi connectivity index (χ1v) is 8.73. The lowest BCUT2D eigenvalue weighted by Gasteiger charge is -2.32. The number of anilines is 1. The van der Waals surface area contributed by atoms with Crippen molar-refractivity contribution in [2.24, 2.45) is 0 Å². The Morgan fingerprint density at radius 3 is 2.57 bits per heavy atom. The van der Waals surface area contributed by atoms with E-state index in [2.05, 4.69) is 27.5 Å². The Morgan fingerprint density at radius 2 is 1.96 bits per heavy atom. The number of nitrogens with one attached hydrogen (secondary N) is 1. The minimum Gasteiger partial charge on any atom is -0.340 e. The van der Waals surface area contributed by atoms with Gasteiger partial charge in [0.1, 0.15) is 5.03 Å². The first-order valence-electron chi connectivity index (χ1n) is 7.75. The Bertz CT molecular complexity index is 529. The van der Waals surface area contributed by atoms with Crippen LogP contribution in [0, 0.1) is 0 Å². The highest BCUT2D eigenvalue weighted by Gasteiger charge is 2.18. The molecule has 0 aliphatic carbocycles. The van der Waals surface area contributed by atoms with Gasteiger partial charge >= 0.3 is 0 Å². The third-order valence-corrected chi connectivity index (χ3v) is 4.59. The summed E-state index contributed by atoms with van der Waals surface area (Å²) in [6, 6.07) is 3.55. The van der Waals surface area contributed by atoms with Crippen molar-refractivity contribution in [2.45, 2.75) is 24.8 Å². The maximum Gasteiger partial charge on any atom is 0.222 e. The molecule has 8 heteroatoms. The monoisotopic (exact) mass is 337 g/mol. The van der Waals surface area contributed by atoms with Gasteiger partial charge in [-0.3, -0.25) is 9.59 Å². The van der Waals surface area contributed by atoms with E-state index in [1.807, 2.05) is 11.0 Å². The van der Waals surface area contributed by atoms with Crippen LogP contribution in [0.3, 0.4) is 0 Å². The van der Waals surface area contributed by atoms with Crippen molar-refractivity contribution < 1.29 is 9.59 Å². The number of likely N-dealkylation sites (N-methyl/N-ethyl adjacent to an activating group) is 1. The van der Waals surface area contributed by atoms with Crippen molar-refractivity contribution >= 4 is 29.4 Å². The maximum absolute atomic E-state index is 12.1. The summed E-state index contributed by atoms with van der Waals surface area (Å²) < 4.78 is 0. The number of carbonyl (C=O) groups excluding carboxylic acids is 2. The third-order valence-electron chi connectivity index (χ3n) is 3.59. The molecule has 2 rings (SSSR count). The second kappa shape index (κ2) is 8.83. The van der Waals surface area contributed by atoms with Gasteiger partial charge < -0.3 is 15.1 Å². The van der Waals surface area contributed by atoms with Crippen LogP contribution in [0.1, 0.15) is 19.8 Å². The van der Waals surface area contributed by atoms with Crippen molar-refractivity contribution in [1.82, 2.24) is 20.0 Å². The van der Waals surface area contributed by atoms with Crippen molar-refractivity contribution in [2.75, 3.05) is 44.3 Å². The molecular formula is C15H23N5O2S. The van der Waals surface area contributed by atoms with Crippen molar-refractivity contribution in [1.29, 1.82) is 0 Å². The molecule has 0 saturated carbocycles. The fourth-order valence-electron chi connectivity index (χ4n) is 2.26. The molecule has 0 atom stereocenters. The maximum atomic E-state index is 12.1. The summed E-state index contributed by atoms with van der Waals surface area (Å²) in [5.74, 6) is 1.35. The van der Waals surface area contributed by atoms with Crippen molar-refractivity contribution in [3.05, 3.63) is 12.1 Å². The number of rotatable bonds is 6. The van der Waals surface area contributed by atoms with Crippen LogP contribution in [-0.2, 0) is 9.59 Å². The van der Waals surface area contributed by atoms with Gasteiger partial charge in [-0.25, -0.2) is 0 Å². The normalized spacial score (nSPS) is 15.5. The van der Waals surface area contributed by atoms with Crippen LogP contribution in [0.25, 0.3) is 0 Å². The molecule has 1 fully saturated rings. The number of hydrogen-bond acceptors (Lipinski definition) is 6. The highest BCUT2D eigenvalue weighted by Crippen LogP contribution is 2.17. The molecular weight excluding hydrogens is 314 g/mol. The number of amides is 2. The van der Waals surface area contributed by atoms with E-state index < -0.39 is 0 Å². The van der Waals surface area contributed by atoms with Gasteiger partial charge in [-0.2, -0.15) is 0 Å². The molecule has 1 aliphatic rings. The molecule has 0 aromatic carbocycles. The van der Waals surface area contributed by atoms with Crippen LogP contribution in [0.2, 0.25) is 0 Å². The van der Waals surface area contributed by atoms with E-state index >= 15 is 0 Å². The molecule has 1 aromatic heterocycles. The first kappa shape index (κ1) is 17.7. The largest absolute Gasteiger partial charge is 0.340 e.